The second kappa shape index (κ2) is 9.61. The fourth-order valence-corrected chi connectivity index (χ4v) is 2.34. The third-order valence-electron chi connectivity index (χ3n) is 3.76. The smallest absolute Gasteiger partial charge is 0.270 e. The molecule has 1 heterocycles. The molecule has 2 N–H and O–H groups in total. The molecule has 1 aromatic carbocycles. The summed E-state index contributed by atoms with van der Waals surface area (Å²) in [5.74, 6) is 1.15. The Balaban J connectivity index is 1.88. The van der Waals surface area contributed by atoms with Crippen LogP contribution in [0.3, 0.4) is 0 Å². The van der Waals surface area contributed by atoms with Crippen LogP contribution in [0, 0.1) is 6.92 Å². The lowest BCUT2D eigenvalue weighted by Crippen LogP contribution is -2.27. The van der Waals surface area contributed by atoms with Crippen molar-refractivity contribution in [1.82, 2.24) is 15.3 Å². The first-order valence-electron chi connectivity index (χ1n) is 8.63. The second-order valence-corrected chi connectivity index (χ2v) is 5.85. The second-order valence-electron chi connectivity index (χ2n) is 5.85. The van der Waals surface area contributed by atoms with Gasteiger partial charge in [-0.3, -0.25) is 4.79 Å². The molecule has 6 nitrogen and oxygen atoms in total. The minimum atomic E-state index is -0.183. The summed E-state index contributed by atoms with van der Waals surface area (Å²) in [5.41, 5.74) is 2.30. The quantitative estimate of drug-likeness (QED) is 0.685. The number of ether oxygens (including phenoxy) is 1. The molecule has 0 saturated carbocycles. The van der Waals surface area contributed by atoms with Crippen molar-refractivity contribution in [2.45, 2.75) is 33.1 Å². The Kier molecular flexibility index (Phi) is 7.19. The average molecular weight is 342 g/mol. The third kappa shape index (κ3) is 6.06. The highest BCUT2D eigenvalue weighted by molar-refractivity contribution is 5.92. The van der Waals surface area contributed by atoms with Crippen molar-refractivity contribution < 1.29 is 9.53 Å². The highest BCUT2D eigenvalue weighted by atomic mass is 16.5. The highest BCUT2D eigenvalue weighted by Crippen LogP contribution is 2.11. The van der Waals surface area contributed by atoms with Gasteiger partial charge in [0.2, 0.25) is 5.95 Å². The molecule has 1 aromatic heterocycles. The van der Waals surface area contributed by atoms with E-state index in [9.17, 15) is 4.79 Å². The van der Waals surface area contributed by atoms with E-state index in [4.69, 9.17) is 4.74 Å². The number of carbonyl (C=O) groups excluding carboxylic acids is 1. The number of hydrogen-bond acceptors (Lipinski definition) is 5. The number of aryl methyl sites for hydroxylation is 1. The number of rotatable bonds is 9. The molecule has 0 bridgehead atoms. The van der Waals surface area contributed by atoms with Crippen LogP contribution in [-0.2, 0) is 6.42 Å². The van der Waals surface area contributed by atoms with Gasteiger partial charge < -0.3 is 15.4 Å². The standard InChI is InChI=1S/C19H26N4O2/c1-4-5-11-21-19-22-14(2)13-17(23-19)18(24)20-12-10-15-6-8-16(25-3)9-7-15/h6-9,13H,4-5,10-12H2,1-3H3,(H,20,24)(H,21,22,23). The summed E-state index contributed by atoms with van der Waals surface area (Å²) in [6.45, 7) is 5.34. The van der Waals surface area contributed by atoms with Crippen LogP contribution in [0.2, 0.25) is 0 Å². The Hall–Kier alpha value is -2.63. The molecule has 1 amide bonds. The van der Waals surface area contributed by atoms with Gasteiger partial charge in [-0.1, -0.05) is 25.5 Å². The summed E-state index contributed by atoms with van der Waals surface area (Å²) in [6.07, 6.45) is 2.89. The Labute approximate surface area is 149 Å². The minimum absolute atomic E-state index is 0.183. The summed E-state index contributed by atoms with van der Waals surface area (Å²) in [6, 6.07) is 9.53. The number of anilines is 1. The number of amides is 1. The fourth-order valence-electron chi connectivity index (χ4n) is 2.34. The van der Waals surface area contributed by atoms with Gasteiger partial charge in [0.1, 0.15) is 11.4 Å². The maximum absolute atomic E-state index is 12.3. The number of benzene rings is 1. The van der Waals surface area contributed by atoms with E-state index in [2.05, 4.69) is 27.5 Å². The van der Waals surface area contributed by atoms with Crippen molar-refractivity contribution in [2.24, 2.45) is 0 Å². The SMILES string of the molecule is CCCCNc1nc(C)cc(C(=O)NCCc2ccc(OC)cc2)n1. The summed E-state index contributed by atoms with van der Waals surface area (Å²) < 4.78 is 5.14. The fraction of sp³-hybridized carbons (Fsp3) is 0.421. The molecule has 2 rings (SSSR count). The van der Waals surface area contributed by atoms with Gasteiger partial charge in [-0.25, -0.2) is 9.97 Å². The van der Waals surface area contributed by atoms with Crippen LogP contribution in [0.5, 0.6) is 5.75 Å². The van der Waals surface area contributed by atoms with Gasteiger partial charge in [0, 0.05) is 18.8 Å². The Morgan fingerprint density at radius 2 is 1.92 bits per heavy atom. The summed E-state index contributed by atoms with van der Waals surface area (Å²) in [5, 5.41) is 6.07. The van der Waals surface area contributed by atoms with E-state index in [0.717, 1.165) is 42.8 Å². The zero-order valence-electron chi connectivity index (χ0n) is 15.1. The number of carbonyl (C=O) groups is 1. The van der Waals surface area contributed by atoms with Crippen LogP contribution in [0.25, 0.3) is 0 Å². The Morgan fingerprint density at radius 1 is 1.16 bits per heavy atom. The Morgan fingerprint density at radius 3 is 2.60 bits per heavy atom. The molecule has 0 saturated heterocycles. The first-order chi connectivity index (χ1) is 12.1. The van der Waals surface area contributed by atoms with Gasteiger partial charge in [-0.15, -0.1) is 0 Å². The molecule has 2 aromatic rings. The Bertz CT molecular complexity index is 686. The lowest BCUT2D eigenvalue weighted by atomic mass is 10.1. The molecule has 134 valence electrons. The lowest BCUT2D eigenvalue weighted by molar-refractivity contribution is 0.0949. The number of aromatic nitrogens is 2. The van der Waals surface area contributed by atoms with Crippen LogP contribution in [0.15, 0.2) is 30.3 Å². The van der Waals surface area contributed by atoms with Crippen molar-refractivity contribution in [3.63, 3.8) is 0 Å². The largest absolute Gasteiger partial charge is 0.497 e. The van der Waals surface area contributed by atoms with E-state index in [1.807, 2.05) is 31.2 Å². The summed E-state index contributed by atoms with van der Waals surface area (Å²) in [7, 11) is 1.64. The molecule has 0 aliphatic rings. The van der Waals surface area contributed by atoms with Crippen molar-refractivity contribution in [3.05, 3.63) is 47.3 Å². The molecule has 0 radical (unpaired) electrons. The zero-order chi connectivity index (χ0) is 18.1. The number of unbranched alkanes of at least 4 members (excludes halogenated alkanes) is 1. The lowest BCUT2D eigenvalue weighted by Gasteiger charge is -2.09. The monoisotopic (exact) mass is 342 g/mol. The van der Waals surface area contributed by atoms with Crippen LogP contribution in [0.4, 0.5) is 5.95 Å². The van der Waals surface area contributed by atoms with E-state index in [1.54, 1.807) is 13.2 Å². The number of nitrogens with one attached hydrogen (secondary N) is 2. The first-order valence-corrected chi connectivity index (χ1v) is 8.63. The van der Waals surface area contributed by atoms with Gasteiger partial charge in [-0.2, -0.15) is 0 Å². The van der Waals surface area contributed by atoms with Gasteiger partial charge in [-0.05, 0) is 43.5 Å². The normalized spacial score (nSPS) is 10.4. The van der Waals surface area contributed by atoms with Crippen LogP contribution in [0.1, 0.15) is 41.5 Å². The van der Waals surface area contributed by atoms with E-state index < -0.39 is 0 Å². The van der Waals surface area contributed by atoms with E-state index in [0.29, 0.717) is 18.2 Å². The first kappa shape index (κ1) is 18.7. The van der Waals surface area contributed by atoms with Gasteiger partial charge in [0.05, 0.1) is 7.11 Å². The maximum Gasteiger partial charge on any atom is 0.270 e. The minimum Gasteiger partial charge on any atom is -0.497 e. The van der Waals surface area contributed by atoms with Gasteiger partial charge >= 0.3 is 0 Å². The highest BCUT2D eigenvalue weighted by Gasteiger charge is 2.10. The predicted molar refractivity (Wildman–Crippen MR) is 99.2 cm³/mol. The number of methoxy groups -OCH3 is 1. The van der Waals surface area contributed by atoms with Crippen molar-refractivity contribution >= 4 is 11.9 Å². The molecule has 0 unspecified atom stereocenters. The number of nitrogens with zero attached hydrogens (tertiary/aromatic N) is 2. The van der Waals surface area contributed by atoms with Gasteiger partial charge in [0.15, 0.2) is 0 Å². The van der Waals surface area contributed by atoms with E-state index in [1.165, 1.54) is 0 Å². The number of hydrogen-bond donors (Lipinski definition) is 2. The molecule has 6 heteroatoms. The van der Waals surface area contributed by atoms with Crippen molar-refractivity contribution in [1.29, 1.82) is 0 Å². The van der Waals surface area contributed by atoms with Crippen molar-refractivity contribution in [3.8, 4) is 5.75 Å². The molecule has 25 heavy (non-hydrogen) atoms. The molecule has 0 aliphatic carbocycles. The molecule has 0 aliphatic heterocycles. The van der Waals surface area contributed by atoms with Crippen LogP contribution >= 0.6 is 0 Å². The molecule has 0 spiro atoms. The van der Waals surface area contributed by atoms with E-state index >= 15 is 0 Å². The summed E-state index contributed by atoms with van der Waals surface area (Å²) in [4.78, 5) is 20.9. The molecule has 0 atom stereocenters. The van der Waals surface area contributed by atoms with Crippen LogP contribution < -0.4 is 15.4 Å². The maximum atomic E-state index is 12.3. The third-order valence-corrected chi connectivity index (χ3v) is 3.76. The molecular formula is C19H26N4O2. The van der Waals surface area contributed by atoms with Crippen LogP contribution in [-0.4, -0.2) is 36.1 Å². The average Bonchev–Trinajstić information content (AvgIpc) is 2.62. The van der Waals surface area contributed by atoms with E-state index in [-0.39, 0.29) is 5.91 Å². The zero-order valence-corrected chi connectivity index (χ0v) is 15.1. The van der Waals surface area contributed by atoms with Gasteiger partial charge in [0.25, 0.3) is 5.91 Å². The molecular weight excluding hydrogens is 316 g/mol. The van der Waals surface area contributed by atoms with Crippen molar-refractivity contribution in [2.75, 3.05) is 25.5 Å². The predicted octanol–water partition coefficient (Wildman–Crippen LogP) is 2.98. The molecule has 0 fully saturated rings. The topological polar surface area (TPSA) is 76.1 Å². The summed E-state index contributed by atoms with van der Waals surface area (Å²) >= 11 is 0.